The van der Waals surface area contributed by atoms with E-state index in [2.05, 4.69) is 5.32 Å². The number of carbonyl (C=O) groups is 1. The van der Waals surface area contributed by atoms with Gasteiger partial charge in [-0.2, -0.15) is 0 Å². The number of nitrogens with zero attached hydrogens (tertiary/aromatic N) is 1. The third-order valence-corrected chi connectivity index (χ3v) is 7.50. The van der Waals surface area contributed by atoms with E-state index < -0.39 is 10.0 Å². The lowest BCUT2D eigenvalue weighted by Gasteiger charge is -2.35. The lowest BCUT2D eigenvalue weighted by molar-refractivity contribution is -0.128. The lowest BCUT2D eigenvalue weighted by Crippen LogP contribution is -2.55. The van der Waals surface area contributed by atoms with Crippen LogP contribution in [0.25, 0.3) is 0 Å². The van der Waals surface area contributed by atoms with E-state index >= 15 is 0 Å². The van der Waals surface area contributed by atoms with E-state index in [0.29, 0.717) is 19.5 Å². The largest absolute Gasteiger partial charge is 0.349 e. The number of carbonyl (C=O) groups excluding carboxylic acids is 1. The molecule has 0 radical (unpaired) electrons. The van der Waals surface area contributed by atoms with E-state index in [0.717, 1.165) is 37.7 Å². The second kappa shape index (κ2) is 9.37. The maximum atomic E-state index is 12.8. The SMILES string of the molecule is Cl.NCC1(NC(=O)C2CCCN(S(=O)(=O)Cc3ccccc3)C2)CCCC1. The predicted octanol–water partition coefficient (Wildman–Crippen LogP) is 2.04. The van der Waals surface area contributed by atoms with Crippen LogP contribution in [0.2, 0.25) is 0 Å². The zero-order valence-electron chi connectivity index (χ0n) is 15.6. The molecule has 8 heteroatoms. The Bertz CT molecular complexity index is 721. The van der Waals surface area contributed by atoms with Crippen LogP contribution >= 0.6 is 12.4 Å². The van der Waals surface area contributed by atoms with Gasteiger partial charge >= 0.3 is 0 Å². The molecule has 1 aromatic rings. The number of hydrogen-bond donors (Lipinski definition) is 2. The van der Waals surface area contributed by atoms with Gasteiger partial charge in [-0.1, -0.05) is 43.2 Å². The first-order valence-corrected chi connectivity index (χ1v) is 11.1. The number of amides is 1. The highest BCUT2D eigenvalue weighted by Crippen LogP contribution is 2.30. The number of piperidine rings is 1. The zero-order valence-corrected chi connectivity index (χ0v) is 17.2. The highest BCUT2D eigenvalue weighted by Gasteiger charge is 2.38. The second-order valence-corrected chi connectivity index (χ2v) is 9.59. The second-order valence-electron chi connectivity index (χ2n) is 7.62. The Labute approximate surface area is 168 Å². The number of hydrogen-bond acceptors (Lipinski definition) is 4. The molecule has 0 aromatic heterocycles. The lowest BCUT2D eigenvalue weighted by atomic mass is 9.93. The number of nitrogens with two attached hydrogens (primary N) is 1. The molecule has 1 unspecified atom stereocenters. The Morgan fingerprint density at radius 2 is 1.85 bits per heavy atom. The molecule has 3 N–H and O–H groups in total. The number of nitrogens with one attached hydrogen (secondary N) is 1. The van der Waals surface area contributed by atoms with Gasteiger partial charge in [-0.05, 0) is 31.2 Å². The minimum absolute atomic E-state index is 0. The van der Waals surface area contributed by atoms with Crippen LogP contribution in [0.5, 0.6) is 0 Å². The first kappa shape index (κ1) is 22.1. The van der Waals surface area contributed by atoms with Gasteiger partial charge in [0.25, 0.3) is 0 Å². The van der Waals surface area contributed by atoms with Gasteiger partial charge < -0.3 is 11.1 Å². The molecule has 1 atom stereocenters. The molecule has 2 aliphatic rings. The standard InChI is InChI=1S/C19H29N3O3S.ClH/c20-15-19(10-4-5-11-19)21-18(23)17-9-6-12-22(13-17)26(24,25)14-16-7-2-1-3-8-16;/h1-3,7-8,17H,4-6,9-15,20H2,(H,21,23);1H. The van der Waals surface area contributed by atoms with Gasteiger partial charge in [0, 0.05) is 19.6 Å². The Kier molecular flexibility index (Phi) is 7.68. The Morgan fingerprint density at radius 1 is 1.19 bits per heavy atom. The molecule has 1 saturated carbocycles. The minimum atomic E-state index is -3.42. The molecule has 1 aromatic carbocycles. The fraction of sp³-hybridized carbons (Fsp3) is 0.632. The zero-order chi connectivity index (χ0) is 18.6. The molecular weight excluding hydrogens is 386 g/mol. The summed E-state index contributed by atoms with van der Waals surface area (Å²) < 4.78 is 27.0. The van der Waals surface area contributed by atoms with Crippen molar-refractivity contribution in [2.45, 2.75) is 49.8 Å². The average molecular weight is 416 g/mol. The van der Waals surface area contributed by atoms with Gasteiger partial charge in [0.05, 0.1) is 17.2 Å². The molecule has 1 aliphatic heterocycles. The first-order valence-electron chi connectivity index (χ1n) is 9.48. The van der Waals surface area contributed by atoms with E-state index in [1.54, 1.807) is 0 Å². The number of sulfonamides is 1. The average Bonchev–Trinajstić information content (AvgIpc) is 3.11. The van der Waals surface area contributed by atoms with Crippen LogP contribution < -0.4 is 11.1 Å². The fourth-order valence-corrected chi connectivity index (χ4v) is 5.69. The maximum Gasteiger partial charge on any atom is 0.224 e. The summed E-state index contributed by atoms with van der Waals surface area (Å²) in [6.45, 7) is 1.20. The number of halogens is 1. The minimum Gasteiger partial charge on any atom is -0.349 e. The van der Waals surface area contributed by atoms with Gasteiger partial charge in [0.1, 0.15) is 0 Å². The van der Waals surface area contributed by atoms with E-state index in [1.165, 1.54) is 4.31 Å². The molecule has 1 amide bonds. The summed E-state index contributed by atoms with van der Waals surface area (Å²) in [5.41, 5.74) is 6.39. The summed E-state index contributed by atoms with van der Waals surface area (Å²) in [6.07, 6.45) is 5.43. The van der Waals surface area contributed by atoms with E-state index in [-0.39, 0.29) is 42.1 Å². The first-order chi connectivity index (χ1) is 12.4. The van der Waals surface area contributed by atoms with Crippen molar-refractivity contribution < 1.29 is 13.2 Å². The van der Waals surface area contributed by atoms with Crippen LogP contribution in [-0.2, 0) is 20.6 Å². The van der Waals surface area contributed by atoms with Crippen molar-refractivity contribution in [2.75, 3.05) is 19.6 Å². The van der Waals surface area contributed by atoms with Crippen molar-refractivity contribution in [1.82, 2.24) is 9.62 Å². The smallest absolute Gasteiger partial charge is 0.224 e. The Balaban J connectivity index is 0.00000261. The quantitative estimate of drug-likeness (QED) is 0.743. The molecule has 2 fully saturated rings. The van der Waals surface area contributed by atoms with Gasteiger partial charge in [0.15, 0.2) is 0 Å². The summed E-state index contributed by atoms with van der Waals surface area (Å²) in [7, 11) is -3.42. The number of benzene rings is 1. The third-order valence-electron chi connectivity index (χ3n) is 5.68. The monoisotopic (exact) mass is 415 g/mol. The third kappa shape index (κ3) is 5.44. The summed E-state index contributed by atoms with van der Waals surface area (Å²) in [6, 6.07) is 9.18. The molecule has 1 heterocycles. The Hall–Kier alpha value is -1.15. The number of rotatable bonds is 6. The molecule has 0 bridgehead atoms. The van der Waals surface area contributed by atoms with E-state index in [4.69, 9.17) is 5.73 Å². The van der Waals surface area contributed by atoms with Gasteiger partial charge in [0.2, 0.25) is 15.9 Å². The van der Waals surface area contributed by atoms with Crippen LogP contribution in [0.3, 0.4) is 0 Å². The van der Waals surface area contributed by atoms with Gasteiger partial charge in [-0.25, -0.2) is 12.7 Å². The predicted molar refractivity (Wildman–Crippen MR) is 109 cm³/mol. The molecule has 1 saturated heterocycles. The molecular formula is C19H30ClN3O3S. The summed E-state index contributed by atoms with van der Waals surface area (Å²) >= 11 is 0. The van der Waals surface area contributed by atoms with Crippen LogP contribution in [0.1, 0.15) is 44.1 Å². The molecule has 6 nitrogen and oxygen atoms in total. The fourth-order valence-electron chi connectivity index (χ4n) is 4.08. The Morgan fingerprint density at radius 3 is 2.48 bits per heavy atom. The molecule has 0 spiro atoms. The van der Waals surface area contributed by atoms with Crippen molar-refractivity contribution in [3.05, 3.63) is 35.9 Å². The normalized spacial score (nSPS) is 22.8. The van der Waals surface area contributed by atoms with Crippen molar-refractivity contribution in [3.8, 4) is 0 Å². The van der Waals surface area contributed by atoms with Crippen LogP contribution in [-0.4, -0.2) is 43.8 Å². The summed E-state index contributed by atoms with van der Waals surface area (Å²) in [5.74, 6) is -0.357. The van der Waals surface area contributed by atoms with Crippen LogP contribution in [0.4, 0.5) is 0 Å². The molecule has 1 aliphatic carbocycles. The molecule has 27 heavy (non-hydrogen) atoms. The van der Waals surface area contributed by atoms with Crippen LogP contribution in [0, 0.1) is 5.92 Å². The maximum absolute atomic E-state index is 12.8. The topological polar surface area (TPSA) is 92.5 Å². The van der Waals surface area contributed by atoms with E-state index in [1.807, 2.05) is 30.3 Å². The summed E-state index contributed by atoms with van der Waals surface area (Å²) in [5, 5.41) is 3.15. The highest BCUT2D eigenvalue weighted by molar-refractivity contribution is 7.88. The summed E-state index contributed by atoms with van der Waals surface area (Å²) in [4.78, 5) is 12.8. The van der Waals surface area contributed by atoms with Crippen molar-refractivity contribution >= 4 is 28.3 Å². The highest BCUT2D eigenvalue weighted by atomic mass is 35.5. The van der Waals surface area contributed by atoms with Gasteiger partial charge in [-0.3, -0.25) is 4.79 Å². The molecule has 3 rings (SSSR count). The van der Waals surface area contributed by atoms with Gasteiger partial charge in [-0.15, -0.1) is 12.4 Å². The molecule has 152 valence electrons. The van der Waals surface area contributed by atoms with Crippen molar-refractivity contribution in [3.63, 3.8) is 0 Å². The van der Waals surface area contributed by atoms with Crippen LogP contribution in [0.15, 0.2) is 30.3 Å². The van der Waals surface area contributed by atoms with E-state index in [9.17, 15) is 13.2 Å². The van der Waals surface area contributed by atoms with Crippen molar-refractivity contribution in [2.24, 2.45) is 11.7 Å². The van der Waals surface area contributed by atoms with Crippen molar-refractivity contribution in [1.29, 1.82) is 0 Å².